The third kappa shape index (κ3) is 2.76. The summed E-state index contributed by atoms with van der Waals surface area (Å²) in [5.41, 5.74) is 1.30. The van der Waals surface area contributed by atoms with Gasteiger partial charge in [0, 0.05) is 11.3 Å². The topological polar surface area (TPSA) is 67.4 Å². The largest absolute Gasteiger partial charge is 0.479 e. The third-order valence-electron chi connectivity index (χ3n) is 3.27. The quantitative estimate of drug-likeness (QED) is 0.896. The number of carbonyl (C=O) groups excluding carboxylic acids is 2. The van der Waals surface area contributed by atoms with E-state index in [4.69, 9.17) is 4.74 Å². The molecule has 2 aromatic rings. The molecule has 1 aliphatic rings. The first-order valence-electron chi connectivity index (χ1n) is 6.71. The first-order valence-corrected chi connectivity index (χ1v) is 6.71. The summed E-state index contributed by atoms with van der Waals surface area (Å²) in [4.78, 5) is 23.8. The van der Waals surface area contributed by atoms with Crippen molar-refractivity contribution in [1.29, 1.82) is 0 Å². The number of rotatable bonds is 2. The Kier molecular flexibility index (Phi) is 3.50. The minimum Gasteiger partial charge on any atom is -0.479 e. The molecule has 0 fully saturated rings. The van der Waals surface area contributed by atoms with Crippen molar-refractivity contribution in [3.05, 3.63) is 53.8 Å². The van der Waals surface area contributed by atoms with Crippen LogP contribution in [0.4, 0.5) is 15.8 Å². The molecule has 2 N–H and O–H groups in total. The number of nitrogens with one attached hydrogen (secondary N) is 2. The van der Waals surface area contributed by atoms with Gasteiger partial charge in [-0.2, -0.15) is 0 Å². The highest BCUT2D eigenvalue weighted by Crippen LogP contribution is 2.30. The Morgan fingerprint density at radius 3 is 2.68 bits per heavy atom. The molecule has 1 atom stereocenters. The van der Waals surface area contributed by atoms with Gasteiger partial charge in [-0.05, 0) is 49.4 Å². The second kappa shape index (κ2) is 5.48. The number of halogens is 1. The summed E-state index contributed by atoms with van der Waals surface area (Å²) in [7, 11) is 0. The van der Waals surface area contributed by atoms with E-state index in [1.54, 1.807) is 19.1 Å². The second-order valence-electron chi connectivity index (χ2n) is 4.92. The van der Waals surface area contributed by atoms with E-state index in [1.165, 1.54) is 30.3 Å². The van der Waals surface area contributed by atoms with Crippen LogP contribution in [0.25, 0.3) is 0 Å². The summed E-state index contributed by atoms with van der Waals surface area (Å²) < 4.78 is 18.3. The van der Waals surface area contributed by atoms with Crippen LogP contribution in [0.5, 0.6) is 5.75 Å². The lowest BCUT2D eigenvalue weighted by Gasteiger charge is -2.23. The zero-order valence-electron chi connectivity index (χ0n) is 11.7. The van der Waals surface area contributed by atoms with Crippen molar-refractivity contribution in [1.82, 2.24) is 0 Å². The number of hydrogen-bond donors (Lipinski definition) is 2. The maximum Gasteiger partial charge on any atom is 0.265 e. The molecule has 0 aliphatic carbocycles. The van der Waals surface area contributed by atoms with Crippen LogP contribution in [0.3, 0.4) is 0 Å². The van der Waals surface area contributed by atoms with E-state index in [9.17, 15) is 14.0 Å². The van der Waals surface area contributed by atoms with E-state index in [0.717, 1.165) is 0 Å². The lowest BCUT2D eigenvalue weighted by atomic mass is 10.1. The molecule has 1 aliphatic heterocycles. The number of hydrogen-bond acceptors (Lipinski definition) is 3. The molecule has 22 heavy (non-hydrogen) atoms. The summed E-state index contributed by atoms with van der Waals surface area (Å²) >= 11 is 0. The highest BCUT2D eigenvalue weighted by Gasteiger charge is 2.24. The van der Waals surface area contributed by atoms with Gasteiger partial charge >= 0.3 is 0 Å². The van der Waals surface area contributed by atoms with Crippen LogP contribution in [0, 0.1) is 5.82 Å². The molecule has 0 radical (unpaired) electrons. The predicted octanol–water partition coefficient (Wildman–Crippen LogP) is 2.80. The summed E-state index contributed by atoms with van der Waals surface area (Å²) in [5, 5.41) is 5.34. The molecule has 2 aromatic carbocycles. The van der Waals surface area contributed by atoms with Crippen LogP contribution in [-0.4, -0.2) is 17.9 Å². The van der Waals surface area contributed by atoms with Crippen LogP contribution in [0.15, 0.2) is 42.5 Å². The molecule has 6 heteroatoms. The maximum absolute atomic E-state index is 12.8. The maximum atomic E-state index is 12.8. The van der Waals surface area contributed by atoms with Gasteiger partial charge in [-0.1, -0.05) is 0 Å². The number of ether oxygens (including phenoxy) is 1. The number of fused-ring (bicyclic) bond motifs is 1. The molecular weight excluding hydrogens is 287 g/mol. The van der Waals surface area contributed by atoms with Crippen molar-refractivity contribution < 1.29 is 18.7 Å². The Balaban J connectivity index is 1.80. The molecule has 5 nitrogen and oxygen atoms in total. The molecule has 0 spiro atoms. The van der Waals surface area contributed by atoms with Crippen LogP contribution < -0.4 is 15.4 Å². The average Bonchev–Trinajstić information content (AvgIpc) is 2.50. The number of carbonyl (C=O) groups is 2. The van der Waals surface area contributed by atoms with Gasteiger partial charge in [0.05, 0.1) is 5.69 Å². The van der Waals surface area contributed by atoms with Crippen molar-refractivity contribution >= 4 is 23.2 Å². The van der Waals surface area contributed by atoms with Crippen LogP contribution in [0.1, 0.15) is 17.3 Å². The Labute approximate surface area is 126 Å². The van der Waals surface area contributed by atoms with Gasteiger partial charge in [-0.3, -0.25) is 9.59 Å². The standard InChI is InChI=1S/C16H13FN2O3/c1-9-15(20)19-13-8-10(2-7-14(13)22-9)16(21)18-12-5-3-11(17)4-6-12/h2-9H,1H3,(H,18,21)(H,19,20). The van der Waals surface area contributed by atoms with Crippen molar-refractivity contribution in [2.24, 2.45) is 0 Å². The lowest BCUT2D eigenvalue weighted by molar-refractivity contribution is -0.122. The van der Waals surface area contributed by atoms with Crippen LogP contribution >= 0.6 is 0 Å². The monoisotopic (exact) mass is 300 g/mol. The minimum absolute atomic E-state index is 0.261. The Morgan fingerprint density at radius 1 is 1.23 bits per heavy atom. The first-order chi connectivity index (χ1) is 10.5. The van der Waals surface area contributed by atoms with Crippen molar-refractivity contribution in [2.75, 3.05) is 10.6 Å². The molecule has 1 unspecified atom stereocenters. The summed E-state index contributed by atoms with van der Waals surface area (Å²) in [6, 6.07) is 10.2. The van der Waals surface area contributed by atoms with E-state index in [2.05, 4.69) is 10.6 Å². The molecule has 1 heterocycles. The molecule has 0 saturated carbocycles. The van der Waals surface area contributed by atoms with E-state index < -0.39 is 6.10 Å². The Morgan fingerprint density at radius 2 is 1.95 bits per heavy atom. The fraction of sp³-hybridized carbons (Fsp3) is 0.125. The van der Waals surface area contributed by atoms with E-state index in [-0.39, 0.29) is 17.6 Å². The highest BCUT2D eigenvalue weighted by atomic mass is 19.1. The fourth-order valence-corrected chi connectivity index (χ4v) is 2.09. The zero-order chi connectivity index (χ0) is 15.7. The van der Waals surface area contributed by atoms with E-state index in [1.807, 2.05) is 0 Å². The molecule has 0 saturated heterocycles. The Hall–Kier alpha value is -2.89. The normalized spacial score (nSPS) is 16.3. The van der Waals surface area contributed by atoms with Gasteiger partial charge in [0.15, 0.2) is 6.10 Å². The van der Waals surface area contributed by atoms with Crippen molar-refractivity contribution in [2.45, 2.75) is 13.0 Å². The smallest absolute Gasteiger partial charge is 0.265 e. The summed E-state index contributed by atoms with van der Waals surface area (Å²) in [6.07, 6.45) is -0.564. The highest BCUT2D eigenvalue weighted by molar-refractivity contribution is 6.06. The van der Waals surface area contributed by atoms with Gasteiger partial charge in [0.1, 0.15) is 11.6 Å². The van der Waals surface area contributed by atoms with Gasteiger partial charge < -0.3 is 15.4 Å². The van der Waals surface area contributed by atoms with Gasteiger partial charge in [-0.25, -0.2) is 4.39 Å². The molecule has 0 bridgehead atoms. The van der Waals surface area contributed by atoms with Crippen molar-refractivity contribution in [3.63, 3.8) is 0 Å². The van der Waals surface area contributed by atoms with Crippen LogP contribution in [-0.2, 0) is 4.79 Å². The number of amides is 2. The van der Waals surface area contributed by atoms with Gasteiger partial charge in [0.25, 0.3) is 11.8 Å². The molecule has 0 aromatic heterocycles. The molecule has 2 amide bonds. The third-order valence-corrected chi connectivity index (χ3v) is 3.27. The average molecular weight is 300 g/mol. The first kappa shape index (κ1) is 14.1. The van der Waals surface area contributed by atoms with E-state index >= 15 is 0 Å². The molecule has 3 rings (SSSR count). The summed E-state index contributed by atoms with van der Waals surface area (Å²) in [6.45, 7) is 1.65. The lowest BCUT2D eigenvalue weighted by Crippen LogP contribution is -2.34. The minimum atomic E-state index is -0.564. The van der Waals surface area contributed by atoms with Crippen LogP contribution in [0.2, 0.25) is 0 Å². The molecule has 112 valence electrons. The van der Waals surface area contributed by atoms with Gasteiger partial charge in [-0.15, -0.1) is 0 Å². The fourth-order valence-electron chi connectivity index (χ4n) is 2.09. The SMILES string of the molecule is CC1Oc2ccc(C(=O)Nc3ccc(F)cc3)cc2NC1=O. The Bertz CT molecular complexity index is 744. The number of anilines is 2. The molecular formula is C16H13FN2O3. The summed E-state index contributed by atoms with van der Waals surface area (Å²) in [5.74, 6) is -0.475. The van der Waals surface area contributed by atoms with Crippen molar-refractivity contribution in [3.8, 4) is 5.75 Å². The second-order valence-corrected chi connectivity index (χ2v) is 4.92. The zero-order valence-corrected chi connectivity index (χ0v) is 11.7. The van der Waals surface area contributed by atoms with E-state index in [0.29, 0.717) is 22.7 Å². The van der Waals surface area contributed by atoms with Gasteiger partial charge in [0.2, 0.25) is 0 Å². The number of benzene rings is 2. The predicted molar refractivity (Wildman–Crippen MR) is 79.5 cm³/mol.